The van der Waals surface area contributed by atoms with Gasteiger partial charge in [-0.1, -0.05) is 36.7 Å². The van der Waals surface area contributed by atoms with Gasteiger partial charge in [0.2, 0.25) is 0 Å². The van der Waals surface area contributed by atoms with E-state index < -0.39 is 11.7 Å². The number of fused-ring (bicyclic) bond motifs is 1. The molecule has 0 aliphatic heterocycles. The van der Waals surface area contributed by atoms with Gasteiger partial charge < -0.3 is 9.30 Å². The average Bonchev–Trinajstić information content (AvgIpc) is 2.92. The molecule has 0 unspecified atom stereocenters. The van der Waals surface area contributed by atoms with Gasteiger partial charge in [0.15, 0.2) is 0 Å². The molecule has 0 radical (unpaired) electrons. The SMILES string of the molecule is CCCc1nc2ccc(NC(=O)OC(C)(C)C)cc2n1Cc1ccccc1Cl. The standard InChI is InChI=1S/C22H26ClN3O2/c1-5-8-20-25-18-12-11-16(24-21(27)28-22(2,3)4)13-19(18)26(20)14-15-9-6-7-10-17(15)23/h6-7,9-13H,5,8,14H2,1-4H3,(H,24,27). The number of amides is 1. The van der Waals surface area contributed by atoms with E-state index in [9.17, 15) is 4.79 Å². The summed E-state index contributed by atoms with van der Waals surface area (Å²) in [7, 11) is 0. The minimum Gasteiger partial charge on any atom is -0.444 e. The third kappa shape index (κ3) is 4.84. The molecule has 0 aliphatic carbocycles. The van der Waals surface area contributed by atoms with Gasteiger partial charge >= 0.3 is 6.09 Å². The number of carbonyl (C=O) groups is 1. The molecule has 1 N–H and O–H groups in total. The monoisotopic (exact) mass is 399 g/mol. The number of halogens is 1. The fourth-order valence-electron chi connectivity index (χ4n) is 3.06. The van der Waals surface area contributed by atoms with Crippen LogP contribution in [0.2, 0.25) is 5.02 Å². The van der Waals surface area contributed by atoms with E-state index in [2.05, 4.69) is 16.8 Å². The summed E-state index contributed by atoms with van der Waals surface area (Å²) in [6.45, 7) is 8.28. The van der Waals surface area contributed by atoms with Gasteiger partial charge in [-0.25, -0.2) is 9.78 Å². The molecule has 148 valence electrons. The Bertz CT molecular complexity index is 989. The smallest absolute Gasteiger partial charge is 0.412 e. The second-order valence-corrected chi connectivity index (χ2v) is 8.19. The maximum absolute atomic E-state index is 12.1. The van der Waals surface area contributed by atoms with E-state index in [4.69, 9.17) is 21.3 Å². The molecule has 1 heterocycles. The fourth-order valence-corrected chi connectivity index (χ4v) is 3.26. The number of nitrogens with zero attached hydrogens (tertiary/aromatic N) is 2. The van der Waals surface area contributed by atoms with Gasteiger partial charge in [0, 0.05) is 17.1 Å². The van der Waals surface area contributed by atoms with E-state index in [1.165, 1.54) is 0 Å². The molecule has 1 amide bonds. The maximum Gasteiger partial charge on any atom is 0.412 e. The number of ether oxygens (including phenoxy) is 1. The Morgan fingerprint density at radius 2 is 1.96 bits per heavy atom. The molecule has 0 fully saturated rings. The predicted molar refractivity (Wildman–Crippen MR) is 114 cm³/mol. The van der Waals surface area contributed by atoms with E-state index in [0.717, 1.165) is 40.3 Å². The molecule has 0 atom stereocenters. The molecule has 28 heavy (non-hydrogen) atoms. The summed E-state index contributed by atoms with van der Waals surface area (Å²) in [6.07, 6.45) is 1.39. The van der Waals surface area contributed by atoms with Crippen molar-refractivity contribution < 1.29 is 9.53 Å². The van der Waals surface area contributed by atoms with Crippen molar-refractivity contribution >= 4 is 34.4 Å². The third-order valence-electron chi connectivity index (χ3n) is 4.23. The average molecular weight is 400 g/mol. The summed E-state index contributed by atoms with van der Waals surface area (Å²) < 4.78 is 7.52. The minimum atomic E-state index is -0.547. The lowest BCUT2D eigenvalue weighted by molar-refractivity contribution is 0.0636. The summed E-state index contributed by atoms with van der Waals surface area (Å²) in [5, 5.41) is 3.54. The lowest BCUT2D eigenvalue weighted by atomic mass is 10.2. The van der Waals surface area contributed by atoms with E-state index in [1.807, 2.05) is 63.2 Å². The zero-order valence-corrected chi connectivity index (χ0v) is 17.5. The second kappa shape index (κ2) is 8.23. The van der Waals surface area contributed by atoms with Crippen molar-refractivity contribution in [1.82, 2.24) is 9.55 Å². The first-order chi connectivity index (χ1) is 13.3. The van der Waals surface area contributed by atoms with Crippen LogP contribution in [0.4, 0.5) is 10.5 Å². The van der Waals surface area contributed by atoms with Crippen LogP contribution in [-0.2, 0) is 17.7 Å². The topological polar surface area (TPSA) is 56.1 Å². The number of aromatic nitrogens is 2. The predicted octanol–water partition coefficient (Wildman–Crippen LogP) is 6.04. The van der Waals surface area contributed by atoms with Crippen molar-refractivity contribution in [3.63, 3.8) is 0 Å². The van der Waals surface area contributed by atoms with E-state index in [1.54, 1.807) is 0 Å². The van der Waals surface area contributed by atoms with Crippen molar-refractivity contribution in [1.29, 1.82) is 0 Å². The summed E-state index contributed by atoms with van der Waals surface area (Å²) in [5.74, 6) is 1.01. The number of hydrogen-bond acceptors (Lipinski definition) is 3. The van der Waals surface area contributed by atoms with Gasteiger partial charge in [-0.15, -0.1) is 0 Å². The zero-order chi connectivity index (χ0) is 20.3. The Morgan fingerprint density at radius 3 is 2.64 bits per heavy atom. The molecule has 1 aromatic heterocycles. The van der Waals surface area contributed by atoms with Crippen molar-refractivity contribution in [2.45, 2.75) is 52.7 Å². The van der Waals surface area contributed by atoms with E-state index in [-0.39, 0.29) is 0 Å². The van der Waals surface area contributed by atoms with Gasteiger partial charge in [-0.2, -0.15) is 0 Å². The van der Waals surface area contributed by atoms with Crippen molar-refractivity contribution in [2.75, 3.05) is 5.32 Å². The maximum atomic E-state index is 12.1. The first kappa shape index (κ1) is 20.2. The molecule has 3 rings (SSSR count). The lowest BCUT2D eigenvalue weighted by Crippen LogP contribution is -2.27. The quantitative estimate of drug-likeness (QED) is 0.569. The highest BCUT2D eigenvalue weighted by Crippen LogP contribution is 2.25. The van der Waals surface area contributed by atoms with Gasteiger partial charge in [-0.05, 0) is 57.0 Å². The number of aryl methyl sites for hydroxylation is 1. The third-order valence-corrected chi connectivity index (χ3v) is 4.60. The second-order valence-electron chi connectivity index (χ2n) is 7.79. The molecular weight excluding hydrogens is 374 g/mol. The highest BCUT2D eigenvalue weighted by atomic mass is 35.5. The normalized spacial score (nSPS) is 11.6. The highest BCUT2D eigenvalue weighted by Gasteiger charge is 2.17. The molecule has 2 aromatic carbocycles. The Hall–Kier alpha value is -2.53. The van der Waals surface area contributed by atoms with Gasteiger partial charge in [-0.3, -0.25) is 5.32 Å². The van der Waals surface area contributed by atoms with Crippen LogP contribution in [0.3, 0.4) is 0 Å². The summed E-state index contributed by atoms with van der Waals surface area (Å²) in [5.41, 5.74) is 3.01. The summed E-state index contributed by atoms with van der Waals surface area (Å²) in [6, 6.07) is 13.5. The Labute approximate surface area is 170 Å². The molecule has 0 spiro atoms. The van der Waals surface area contributed by atoms with Crippen LogP contribution >= 0.6 is 11.6 Å². The molecule has 0 bridgehead atoms. The number of imidazole rings is 1. The number of benzene rings is 2. The Balaban J connectivity index is 1.97. The largest absolute Gasteiger partial charge is 0.444 e. The van der Waals surface area contributed by atoms with Crippen LogP contribution in [0.1, 0.15) is 45.5 Å². The van der Waals surface area contributed by atoms with Crippen LogP contribution < -0.4 is 5.32 Å². The van der Waals surface area contributed by atoms with Gasteiger partial charge in [0.1, 0.15) is 11.4 Å². The van der Waals surface area contributed by atoms with Crippen molar-refractivity contribution in [2.24, 2.45) is 0 Å². The molecule has 6 heteroatoms. The molecular formula is C22H26ClN3O2. The van der Waals surface area contributed by atoms with Gasteiger partial charge in [0.05, 0.1) is 17.6 Å². The van der Waals surface area contributed by atoms with E-state index in [0.29, 0.717) is 12.2 Å². The highest BCUT2D eigenvalue weighted by molar-refractivity contribution is 6.31. The minimum absolute atomic E-state index is 0.474. The fraction of sp³-hybridized carbons (Fsp3) is 0.364. The number of anilines is 1. The number of nitrogens with one attached hydrogen (secondary N) is 1. The summed E-state index contributed by atoms with van der Waals surface area (Å²) >= 11 is 6.38. The number of carbonyl (C=O) groups excluding carboxylic acids is 1. The van der Waals surface area contributed by atoms with Crippen LogP contribution in [-0.4, -0.2) is 21.2 Å². The Kier molecular flexibility index (Phi) is 5.94. The molecule has 5 nitrogen and oxygen atoms in total. The number of hydrogen-bond donors (Lipinski definition) is 1. The van der Waals surface area contributed by atoms with E-state index >= 15 is 0 Å². The molecule has 0 aliphatic rings. The number of rotatable bonds is 5. The van der Waals surface area contributed by atoms with Crippen LogP contribution in [0, 0.1) is 0 Å². The molecule has 0 saturated heterocycles. The van der Waals surface area contributed by atoms with Gasteiger partial charge in [0.25, 0.3) is 0 Å². The van der Waals surface area contributed by atoms with Crippen molar-refractivity contribution in [3.05, 3.63) is 58.9 Å². The zero-order valence-electron chi connectivity index (χ0n) is 16.8. The first-order valence-corrected chi connectivity index (χ1v) is 9.87. The molecule has 3 aromatic rings. The summed E-state index contributed by atoms with van der Waals surface area (Å²) in [4.78, 5) is 16.9. The van der Waals surface area contributed by atoms with Crippen LogP contribution in [0.15, 0.2) is 42.5 Å². The Morgan fingerprint density at radius 1 is 1.21 bits per heavy atom. The first-order valence-electron chi connectivity index (χ1n) is 9.49. The lowest BCUT2D eigenvalue weighted by Gasteiger charge is -2.19. The van der Waals surface area contributed by atoms with Crippen LogP contribution in [0.25, 0.3) is 11.0 Å². The van der Waals surface area contributed by atoms with Crippen LogP contribution in [0.5, 0.6) is 0 Å². The van der Waals surface area contributed by atoms with Crippen molar-refractivity contribution in [3.8, 4) is 0 Å². The molecule has 0 saturated carbocycles.